The fraction of sp³-hybridized carbons (Fsp3) is 0.412. The number of hydrogen-bond donors (Lipinski definition) is 1. The van der Waals surface area contributed by atoms with Crippen molar-refractivity contribution in [2.45, 2.75) is 26.7 Å². The first-order valence-corrected chi connectivity index (χ1v) is 9.78. The molecule has 2 aromatic rings. The van der Waals surface area contributed by atoms with Gasteiger partial charge in [0, 0.05) is 10.9 Å². The fourth-order valence-corrected chi connectivity index (χ4v) is 4.77. The summed E-state index contributed by atoms with van der Waals surface area (Å²) >= 11 is 0. The third-order valence-electron chi connectivity index (χ3n) is 4.32. The topological polar surface area (TPSA) is 88.7 Å². The van der Waals surface area contributed by atoms with Crippen LogP contribution in [0.4, 0.5) is 0 Å². The average Bonchev–Trinajstić information content (AvgIpc) is 3.12. The number of carbonyl (C=O) groups excluding carboxylic acids is 1. The standard InChI is InChI=1S/C17H20N2O4S/c1-3-13-14-6-4-5-7-15(14)23-16(13)11(2)18-19-17(20)12-8-9-24(21,22)10-12/h4-7,12H,3,8-10H2,1-2H3,(H,19,20)/b18-11-/t12-/m1/s1. The third-order valence-corrected chi connectivity index (χ3v) is 6.09. The maximum Gasteiger partial charge on any atom is 0.244 e. The van der Waals surface area contributed by atoms with Crippen LogP contribution >= 0.6 is 0 Å². The Hall–Kier alpha value is -2.15. The monoisotopic (exact) mass is 348 g/mol. The van der Waals surface area contributed by atoms with Gasteiger partial charge in [0.25, 0.3) is 0 Å². The van der Waals surface area contributed by atoms with Crippen LogP contribution in [-0.2, 0) is 21.1 Å². The van der Waals surface area contributed by atoms with Crippen LogP contribution in [0.3, 0.4) is 0 Å². The molecule has 0 saturated carbocycles. The van der Waals surface area contributed by atoms with Gasteiger partial charge in [-0.05, 0) is 25.8 Å². The predicted octanol–water partition coefficient (Wildman–Crippen LogP) is 2.27. The molecule has 0 bridgehead atoms. The quantitative estimate of drug-likeness (QED) is 0.678. The molecule has 1 aliphatic rings. The molecule has 1 N–H and O–H groups in total. The molecule has 128 valence electrons. The average molecular weight is 348 g/mol. The highest BCUT2D eigenvalue weighted by atomic mass is 32.2. The van der Waals surface area contributed by atoms with Gasteiger partial charge >= 0.3 is 0 Å². The van der Waals surface area contributed by atoms with E-state index in [4.69, 9.17) is 4.42 Å². The summed E-state index contributed by atoms with van der Waals surface area (Å²) in [5, 5.41) is 5.16. The molecule has 24 heavy (non-hydrogen) atoms. The van der Waals surface area contributed by atoms with Crippen LogP contribution < -0.4 is 5.43 Å². The second kappa shape index (κ2) is 6.39. The lowest BCUT2D eigenvalue weighted by atomic mass is 10.1. The maximum atomic E-state index is 12.1. The van der Waals surface area contributed by atoms with Gasteiger partial charge in [-0.2, -0.15) is 5.10 Å². The summed E-state index contributed by atoms with van der Waals surface area (Å²) in [6, 6.07) is 7.75. The van der Waals surface area contributed by atoms with Gasteiger partial charge in [-0.15, -0.1) is 0 Å². The van der Waals surface area contributed by atoms with E-state index in [0.29, 0.717) is 17.9 Å². The van der Waals surface area contributed by atoms with Crippen LogP contribution in [0.5, 0.6) is 0 Å². The molecule has 0 aliphatic carbocycles. The number of nitrogens with zero attached hydrogens (tertiary/aromatic N) is 1. The fourth-order valence-electron chi connectivity index (χ4n) is 3.02. The Morgan fingerprint density at radius 2 is 2.12 bits per heavy atom. The van der Waals surface area contributed by atoms with Crippen LogP contribution in [0.25, 0.3) is 11.0 Å². The highest BCUT2D eigenvalue weighted by Crippen LogP contribution is 2.26. The second-order valence-corrected chi connectivity index (χ2v) is 8.26. The molecule has 1 amide bonds. The second-order valence-electron chi connectivity index (χ2n) is 6.03. The van der Waals surface area contributed by atoms with E-state index in [1.807, 2.05) is 31.2 Å². The van der Waals surface area contributed by atoms with Crippen LogP contribution in [0, 0.1) is 5.92 Å². The van der Waals surface area contributed by atoms with Gasteiger partial charge in [-0.1, -0.05) is 25.1 Å². The lowest BCUT2D eigenvalue weighted by molar-refractivity contribution is -0.124. The Morgan fingerprint density at radius 3 is 2.79 bits per heavy atom. The number of aryl methyl sites for hydroxylation is 1. The van der Waals surface area contributed by atoms with Crippen molar-refractivity contribution >= 4 is 32.4 Å². The van der Waals surface area contributed by atoms with Crippen LogP contribution in [-0.4, -0.2) is 31.5 Å². The van der Waals surface area contributed by atoms with E-state index in [2.05, 4.69) is 10.5 Å². The third kappa shape index (κ3) is 3.21. The van der Waals surface area contributed by atoms with Crippen molar-refractivity contribution in [2.24, 2.45) is 11.0 Å². The van der Waals surface area contributed by atoms with Crippen LogP contribution in [0.15, 0.2) is 33.8 Å². The van der Waals surface area contributed by atoms with Crippen molar-refractivity contribution in [3.8, 4) is 0 Å². The van der Waals surface area contributed by atoms with E-state index in [1.54, 1.807) is 6.92 Å². The lowest BCUT2D eigenvalue weighted by Crippen LogP contribution is -2.28. The zero-order valence-corrected chi connectivity index (χ0v) is 14.5. The number of benzene rings is 1. The molecule has 1 aromatic heterocycles. The Morgan fingerprint density at radius 1 is 1.38 bits per heavy atom. The van der Waals surface area contributed by atoms with Crippen molar-refractivity contribution < 1.29 is 17.6 Å². The number of fused-ring (bicyclic) bond motifs is 1. The molecule has 1 aromatic carbocycles. The summed E-state index contributed by atoms with van der Waals surface area (Å²) in [7, 11) is -3.09. The largest absolute Gasteiger partial charge is 0.454 e. The molecule has 7 heteroatoms. The number of hydrogen-bond acceptors (Lipinski definition) is 5. The number of hydrazone groups is 1. The van der Waals surface area contributed by atoms with Gasteiger partial charge < -0.3 is 4.42 Å². The molecule has 3 rings (SSSR count). The summed E-state index contributed by atoms with van der Waals surface area (Å²) in [4.78, 5) is 12.1. The maximum absolute atomic E-state index is 12.1. The smallest absolute Gasteiger partial charge is 0.244 e. The highest BCUT2D eigenvalue weighted by Gasteiger charge is 2.32. The molecule has 1 saturated heterocycles. The summed E-state index contributed by atoms with van der Waals surface area (Å²) in [5.74, 6) is -0.259. The van der Waals surface area contributed by atoms with E-state index in [0.717, 1.165) is 23.0 Å². The predicted molar refractivity (Wildman–Crippen MR) is 92.7 cm³/mol. The molecular formula is C17H20N2O4S. The van der Waals surface area contributed by atoms with E-state index in [-0.39, 0.29) is 17.4 Å². The number of nitrogens with one attached hydrogen (secondary N) is 1. The minimum Gasteiger partial charge on any atom is -0.454 e. The molecule has 1 fully saturated rings. The van der Waals surface area contributed by atoms with Crippen LogP contribution in [0.2, 0.25) is 0 Å². The minimum atomic E-state index is -3.09. The Kier molecular flexibility index (Phi) is 4.45. The molecule has 0 spiro atoms. The number of amides is 1. The van der Waals surface area contributed by atoms with Gasteiger partial charge in [0.2, 0.25) is 5.91 Å². The number of sulfone groups is 1. The Bertz CT molecular complexity index is 912. The lowest BCUT2D eigenvalue weighted by Gasteiger charge is -2.06. The molecule has 1 atom stereocenters. The summed E-state index contributed by atoms with van der Waals surface area (Å²) in [6.45, 7) is 3.80. The van der Waals surface area contributed by atoms with Crippen molar-refractivity contribution in [1.29, 1.82) is 0 Å². The molecule has 6 nitrogen and oxygen atoms in total. The summed E-state index contributed by atoms with van der Waals surface area (Å²) in [6.07, 6.45) is 1.14. The normalized spacial score (nSPS) is 20.4. The van der Waals surface area contributed by atoms with E-state index >= 15 is 0 Å². The van der Waals surface area contributed by atoms with Gasteiger partial charge in [0.1, 0.15) is 11.3 Å². The zero-order valence-electron chi connectivity index (χ0n) is 13.7. The molecule has 0 unspecified atom stereocenters. The first kappa shape index (κ1) is 16.7. The summed E-state index contributed by atoms with van der Waals surface area (Å²) in [5.41, 5.74) is 4.88. The highest BCUT2D eigenvalue weighted by molar-refractivity contribution is 7.91. The number of carbonyl (C=O) groups is 1. The number of rotatable bonds is 4. The Balaban J connectivity index is 1.80. The van der Waals surface area contributed by atoms with Gasteiger partial charge in [0.05, 0.1) is 17.4 Å². The van der Waals surface area contributed by atoms with Crippen molar-refractivity contribution in [1.82, 2.24) is 5.43 Å². The zero-order chi connectivity index (χ0) is 17.3. The molecule has 0 radical (unpaired) electrons. The Labute approximate surface area is 140 Å². The minimum absolute atomic E-state index is 0.0668. The van der Waals surface area contributed by atoms with Crippen molar-refractivity contribution in [3.05, 3.63) is 35.6 Å². The SMILES string of the molecule is CCc1c(/C(C)=N\NC(=O)[C@@H]2CCS(=O)(=O)C2)oc2ccccc12. The number of furan rings is 1. The first-order valence-electron chi connectivity index (χ1n) is 7.96. The van der Waals surface area contributed by atoms with E-state index in [9.17, 15) is 13.2 Å². The van der Waals surface area contributed by atoms with E-state index < -0.39 is 15.8 Å². The molecule has 2 heterocycles. The van der Waals surface area contributed by atoms with Gasteiger partial charge in [0.15, 0.2) is 15.6 Å². The van der Waals surface area contributed by atoms with Crippen molar-refractivity contribution in [3.63, 3.8) is 0 Å². The molecule has 1 aliphatic heterocycles. The summed E-state index contributed by atoms with van der Waals surface area (Å²) < 4.78 is 28.8. The number of para-hydroxylation sites is 1. The van der Waals surface area contributed by atoms with Crippen LogP contribution in [0.1, 0.15) is 31.6 Å². The molecular weight excluding hydrogens is 328 g/mol. The first-order chi connectivity index (χ1) is 11.4. The van der Waals surface area contributed by atoms with Gasteiger partial charge in [-0.25, -0.2) is 13.8 Å². The van der Waals surface area contributed by atoms with Crippen molar-refractivity contribution in [2.75, 3.05) is 11.5 Å². The van der Waals surface area contributed by atoms with Gasteiger partial charge in [-0.3, -0.25) is 4.79 Å². The van der Waals surface area contributed by atoms with E-state index in [1.165, 1.54) is 0 Å².